The van der Waals surface area contributed by atoms with E-state index in [1.165, 1.54) is 0 Å². The summed E-state index contributed by atoms with van der Waals surface area (Å²) in [6.45, 7) is 1.37. The third-order valence-electron chi connectivity index (χ3n) is 4.86. The summed E-state index contributed by atoms with van der Waals surface area (Å²) >= 11 is 6.52. The molecule has 0 saturated carbocycles. The van der Waals surface area contributed by atoms with Crippen molar-refractivity contribution in [2.75, 3.05) is 18.0 Å². The molecule has 0 aliphatic carbocycles. The highest BCUT2D eigenvalue weighted by atomic mass is 35.5. The Kier molecular flexibility index (Phi) is 4.67. The fraction of sp³-hybridized carbons (Fsp3) is 0.316. The first-order chi connectivity index (χ1) is 12.5. The molecule has 0 saturated heterocycles. The van der Waals surface area contributed by atoms with Crippen molar-refractivity contribution in [1.82, 2.24) is 0 Å². The minimum absolute atomic E-state index is 0.470. The number of nitrogens with zero attached hydrogens (tertiary/aromatic N) is 2. The summed E-state index contributed by atoms with van der Waals surface area (Å²) in [6, 6.07) is 14.1. The molecule has 2 heterocycles. The lowest BCUT2D eigenvalue weighted by Crippen LogP contribution is -2.47. The molecule has 7 heteroatoms. The van der Waals surface area contributed by atoms with Crippen LogP contribution in [0.2, 0.25) is 5.02 Å². The van der Waals surface area contributed by atoms with Crippen LogP contribution in [-0.2, 0) is 5.72 Å². The Morgan fingerprint density at radius 2 is 1.81 bits per heavy atom. The summed E-state index contributed by atoms with van der Waals surface area (Å²) in [5, 5.41) is 12.2. The van der Waals surface area contributed by atoms with E-state index in [4.69, 9.17) is 11.6 Å². The van der Waals surface area contributed by atoms with E-state index in [9.17, 15) is 13.9 Å². The topological polar surface area (TPSA) is 26.5 Å². The van der Waals surface area contributed by atoms with Crippen molar-refractivity contribution in [3.05, 3.63) is 59.1 Å². The fourth-order valence-electron chi connectivity index (χ4n) is 3.77. The Labute approximate surface area is 159 Å². The summed E-state index contributed by atoms with van der Waals surface area (Å²) in [4.78, 5) is 2.44. The average Bonchev–Trinajstić information content (AvgIpc) is 3.14. The van der Waals surface area contributed by atoms with Crippen molar-refractivity contribution in [3.8, 4) is 0 Å². The molecule has 0 bridgehead atoms. The molecule has 3 nitrogen and oxygen atoms in total. The van der Waals surface area contributed by atoms with E-state index < -0.39 is 11.5 Å². The second-order valence-corrected chi connectivity index (χ2v) is 7.97. The van der Waals surface area contributed by atoms with Gasteiger partial charge < -0.3 is 5.11 Å². The van der Waals surface area contributed by atoms with Crippen molar-refractivity contribution >= 4 is 34.9 Å². The van der Waals surface area contributed by atoms with Crippen molar-refractivity contribution in [2.24, 2.45) is 0 Å². The van der Waals surface area contributed by atoms with E-state index in [-0.39, 0.29) is 0 Å². The predicted octanol–water partition coefficient (Wildman–Crippen LogP) is 4.52. The zero-order chi connectivity index (χ0) is 18.3. The quantitative estimate of drug-likeness (QED) is 0.608. The van der Waals surface area contributed by atoms with Crippen LogP contribution in [0.3, 0.4) is 0 Å². The van der Waals surface area contributed by atoms with Gasteiger partial charge in [-0.2, -0.15) is 13.7 Å². The predicted molar refractivity (Wildman–Crippen MR) is 100 cm³/mol. The molecule has 0 aromatic heterocycles. The second-order valence-electron chi connectivity index (χ2n) is 6.47. The van der Waals surface area contributed by atoms with Gasteiger partial charge in [0.05, 0.1) is 13.0 Å². The largest absolute Gasteiger partial charge is 0.346 e. The van der Waals surface area contributed by atoms with Crippen LogP contribution in [0.4, 0.5) is 14.5 Å². The lowest BCUT2D eigenvalue weighted by Gasteiger charge is -2.29. The molecule has 0 amide bonds. The maximum absolute atomic E-state index is 12.6. The van der Waals surface area contributed by atoms with E-state index in [1.54, 1.807) is 36.4 Å². The molecular formula is C19H18ClF2N2OS+. The summed E-state index contributed by atoms with van der Waals surface area (Å²) in [5.41, 5.74) is 0.341. The Bertz CT molecular complexity index is 842. The van der Waals surface area contributed by atoms with Crippen LogP contribution in [0.5, 0.6) is 0 Å². The number of benzene rings is 2. The van der Waals surface area contributed by atoms with Gasteiger partial charge in [0.2, 0.25) is 0 Å². The van der Waals surface area contributed by atoms with E-state index in [1.807, 2.05) is 17.0 Å². The average molecular weight is 396 g/mol. The van der Waals surface area contributed by atoms with Crippen LogP contribution in [0, 0.1) is 0 Å². The first-order valence-corrected chi connectivity index (χ1v) is 9.67. The van der Waals surface area contributed by atoms with Gasteiger partial charge in [-0.3, -0.25) is 4.58 Å². The maximum atomic E-state index is 12.6. The van der Waals surface area contributed by atoms with Gasteiger partial charge in [-0.25, -0.2) is 0 Å². The molecule has 4 rings (SSSR count). The summed E-state index contributed by atoms with van der Waals surface area (Å²) in [5.74, 6) is -1.38. The van der Waals surface area contributed by atoms with Crippen LogP contribution < -0.4 is 4.90 Å². The molecule has 0 radical (unpaired) electrons. The van der Waals surface area contributed by atoms with Gasteiger partial charge in [-0.1, -0.05) is 35.5 Å². The third-order valence-corrected chi connectivity index (χ3v) is 5.83. The highest BCUT2D eigenvalue weighted by Crippen LogP contribution is 2.39. The fourth-order valence-corrected chi connectivity index (χ4v) is 4.39. The zero-order valence-corrected chi connectivity index (χ0v) is 15.5. The molecule has 0 fully saturated rings. The molecule has 2 aliphatic heterocycles. The number of thioether (sulfide) groups is 1. The Morgan fingerprint density at radius 3 is 2.46 bits per heavy atom. The minimum Gasteiger partial charge on any atom is -0.346 e. The standard InChI is InChI=1S/C19H18ClF2N2OS/c20-14-5-3-13(4-6-14)19(25)12-23-11-1-2-17(23)24(19)15-7-9-16(10-8-15)26-18(21)22/h3-10,18,25H,1-2,11-12H2/q+1. The first kappa shape index (κ1) is 17.8. The van der Waals surface area contributed by atoms with Gasteiger partial charge in [0.25, 0.3) is 17.3 Å². The molecule has 1 N–H and O–H groups in total. The van der Waals surface area contributed by atoms with Gasteiger partial charge in [-0.05, 0) is 42.8 Å². The molecule has 26 heavy (non-hydrogen) atoms. The van der Waals surface area contributed by atoms with Crippen molar-refractivity contribution < 1.29 is 18.5 Å². The lowest BCUT2D eigenvalue weighted by atomic mass is 10.00. The summed E-state index contributed by atoms with van der Waals surface area (Å²) in [7, 11) is 0. The Morgan fingerprint density at radius 1 is 1.12 bits per heavy atom. The third kappa shape index (κ3) is 3.10. The molecule has 2 aromatic rings. The van der Waals surface area contributed by atoms with E-state index >= 15 is 0 Å². The number of alkyl halides is 2. The molecule has 0 spiro atoms. The number of halogens is 3. The van der Waals surface area contributed by atoms with Crippen molar-refractivity contribution in [1.29, 1.82) is 0 Å². The van der Waals surface area contributed by atoms with Gasteiger partial charge in [0, 0.05) is 15.5 Å². The first-order valence-electron chi connectivity index (χ1n) is 8.42. The highest BCUT2D eigenvalue weighted by Gasteiger charge is 2.55. The number of hydrogen-bond acceptors (Lipinski definition) is 3. The molecule has 2 aromatic carbocycles. The molecule has 2 aliphatic rings. The SMILES string of the molecule is OC1(c2ccc(Cl)cc2)C[N+]2=C(CCC2)N1c1ccc(SC(F)F)cc1. The monoisotopic (exact) mass is 395 g/mol. The number of hydrogen-bond donors (Lipinski definition) is 1. The van der Waals surface area contributed by atoms with Gasteiger partial charge >= 0.3 is 0 Å². The summed E-state index contributed by atoms with van der Waals surface area (Å²) in [6.07, 6.45) is 1.92. The Balaban J connectivity index is 1.73. The maximum Gasteiger partial charge on any atom is 0.288 e. The minimum atomic E-state index is -2.45. The smallest absolute Gasteiger partial charge is 0.288 e. The van der Waals surface area contributed by atoms with E-state index in [2.05, 4.69) is 4.58 Å². The number of aliphatic hydroxyl groups is 1. The number of anilines is 1. The van der Waals surface area contributed by atoms with Crippen molar-refractivity contribution in [3.63, 3.8) is 0 Å². The van der Waals surface area contributed by atoms with E-state index in [0.717, 1.165) is 36.5 Å². The number of rotatable bonds is 4. The van der Waals surface area contributed by atoms with Crippen LogP contribution in [0.1, 0.15) is 18.4 Å². The zero-order valence-electron chi connectivity index (χ0n) is 13.9. The van der Waals surface area contributed by atoms with Gasteiger partial charge in [0.15, 0.2) is 6.54 Å². The second kappa shape index (κ2) is 6.83. The highest BCUT2D eigenvalue weighted by molar-refractivity contribution is 7.99. The van der Waals surface area contributed by atoms with Gasteiger partial charge in [0.1, 0.15) is 5.69 Å². The van der Waals surface area contributed by atoms with Crippen LogP contribution in [0.15, 0.2) is 53.4 Å². The van der Waals surface area contributed by atoms with Crippen molar-refractivity contribution in [2.45, 2.75) is 29.2 Å². The molecule has 1 unspecified atom stereocenters. The Hall–Kier alpha value is -1.63. The number of amidine groups is 1. The summed E-state index contributed by atoms with van der Waals surface area (Å²) < 4.78 is 27.3. The lowest BCUT2D eigenvalue weighted by molar-refractivity contribution is -0.526. The molecular weight excluding hydrogens is 378 g/mol. The normalized spacial score (nSPS) is 22.4. The van der Waals surface area contributed by atoms with E-state index in [0.29, 0.717) is 28.2 Å². The van der Waals surface area contributed by atoms with Crippen LogP contribution >= 0.6 is 23.4 Å². The van der Waals surface area contributed by atoms with Gasteiger partial charge in [-0.15, -0.1) is 0 Å². The van der Waals surface area contributed by atoms with Crippen LogP contribution in [0.25, 0.3) is 0 Å². The molecule has 136 valence electrons. The molecule has 1 atom stereocenters. The van der Waals surface area contributed by atoms with Crippen LogP contribution in [-0.4, -0.2) is 34.4 Å².